The van der Waals surface area contributed by atoms with Crippen molar-refractivity contribution in [2.75, 3.05) is 31.1 Å². The molecule has 172 valence electrons. The predicted octanol–water partition coefficient (Wildman–Crippen LogP) is 2.88. The van der Waals surface area contributed by atoms with E-state index in [-0.39, 0.29) is 15.8 Å². The van der Waals surface area contributed by atoms with Crippen LogP contribution < -0.4 is 9.62 Å². The summed E-state index contributed by atoms with van der Waals surface area (Å²) in [5.74, 6) is 0. The van der Waals surface area contributed by atoms with Gasteiger partial charge in [0.2, 0.25) is 20.0 Å². The number of para-hydroxylation sites is 1. The molecule has 1 atom stereocenters. The van der Waals surface area contributed by atoms with E-state index < -0.39 is 20.0 Å². The van der Waals surface area contributed by atoms with Gasteiger partial charge in [-0.3, -0.25) is 0 Å². The van der Waals surface area contributed by atoms with E-state index >= 15 is 0 Å². The second kappa shape index (κ2) is 9.06. The van der Waals surface area contributed by atoms with Crippen LogP contribution in [0.5, 0.6) is 0 Å². The van der Waals surface area contributed by atoms with Gasteiger partial charge in [0.05, 0.1) is 20.0 Å². The minimum absolute atomic E-state index is 0.0532. The summed E-state index contributed by atoms with van der Waals surface area (Å²) >= 11 is 1.60. The Balaban J connectivity index is 1.45. The number of hydrogen-bond donors (Lipinski definition) is 1. The van der Waals surface area contributed by atoms with Gasteiger partial charge in [0.15, 0.2) is 5.13 Å². The quantitative estimate of drug-likeness (QED) is 0.542. The first-order chi connectivity index (χ1) is 15.2. The fraction of sp³-hybridized carbons (Fsp3) is 0.381. The molecule has 4 rings (SSSR count). The summed E-state index contributed by atoms with van der Waals surface area (Å²) in [7, 11) is -7.39. The molecule has 32 heavy (non-hydrogen) atoms. The number of benzene rings is 2. The molecule has 0 unspecified atom stereocenters. The van der Waals surface area contributed by atoms with Crippen molar-refractivity contribution in [3.05, 3.63) is 48.5 Å². The van der Waals surface area contributed by atoms with Gasteiger partial charge in [-0.25, -0.2) is 26.5 Å². The maximum Gasteiger partial charge on any atom is 0.243 e. The summed E-state index contributed by atoms with van der Waals surface area (Å²) in [5, 5.41) is 0.895. The zero-order valence-electron chi connectivity index (χ0n) is 17.9. The van der Waals surface area contributed by atoms with Crippen molar-refractivity contribution in [3.8, 4) is 0 Å². The lowest BCUT2D eigenvalue weighted by molar-refractivity contribution is 0.385. The van der Waals surface area contributed by atoms with Crippen LogP contribution >= 0.6 is 11.3 Å². The van der Waals surface area contributed by atoms with E-state index in [1.807, 2.05) is 31.2 Å². The van der Waals surface area contributed by atoms with Gasteiger partial charge < -0.3 is 4.90 Å². The van der Waals surface area contributed by atoms with Crippen LogP contribution in [-0.4, -0.2) is 58.3 Å². The Bertz CT molecular complexity index is 1260. The average molecular weight is 495 g/mol. The number of nitrogens with zero attached hydrogens (tertiary/aromatic N) is 3. The molecule has 0 aliphatic carbocycles. The lowest BCUT2D eigenvalue weighted by atomic mass is 10.3. The zero-order valence-corrected chi connectivity index (χ0v) is 20.4. The Morgan fingerprint density at radius 1 is 0.969 bits per heavy atom. The molecular weight excluding hydrogens is 468 g/mol. The molecule has 2 aromatic carbocycles. The number of nitrogens with one attached hydrogen (secondary N) is 1. The van der Waals surface area contributed by atoms with Gasteiger partial charge in [-0.15, -0.1) is 0 Å². The lowest BCUT2D eigenvalue weighted by Crippen LogP contribution is -2.48. The van der Waals surface area contributed by atoms with Gasteiger partial charge >= 0.3 is 0 Å². The molecule has 0 spiro atoms. The van der Waals surface area contributed by atoms with Crippen LogP contribution in [0.1, 0.15) is 20.3 Å². The van der Waals surface area contributed by atoms with E-state index in [1.165, 1.54) is 28.6 Å². The Morgan fingerprint density at radius 2 is 1.59 bits per heavy atom. The molecule has 1 aromatic heterocycles. The molecule has 0 amide bonds. The highest BCUT2D eigenvalue weighted by molar-refractivity contribution is 7.89. The number of sulfonamides is 2. The highest BCUT2D eigenvalue weighted by atomic mass is 32.2. The van der Waals surface area contributed by atoms with Crippen molar-refractivity contribution in [2.45, 2.75) is 36.1 Å². The SMILES string of the molecule is CC[C@@H](C)NS(=O)(=O)c1ccc(S(=O)(=O)N2CCN(c3nc4ccccc4s3)CC2)cc1. The molecule has 11 heteroatoms. The van der Waals surface area contributed by atoms with Crippen molar-refractivity contribution < 1.29 is 16.8 Å². The van der Waals surface area contributed by atoms with E-state index in [2.05, 4.69) is 14.6 Å². The number of rotatable bonds is 7. The van der Waals surface area contributed by atoms with Crippen molar-refractivity contribution >= 4 is 46.7 Å². The molecule has 1 N–H and O–H groups in total. The maximum absolute atomic E-state index is 13.1. The van der Waals surface area contributed by atoms with Crippen LogP contribution in [0.15, 0.2) is 58.3 Å². The van der Waals surface area contributed by atoms with Crippen LogP contribution in [0.4, 0.5) is 5.13 Å². The first-order valence-corrected chi connectivity index (χ1v) is 14.2. The number of hydrogen-bond acceptors (Lipinski definition) is 7. The van der Waals surface area contributed by atoms with E-state index in [0.717, 1.165) is 15.3 Å². The smallest absolute Gasteiger partial charge is 0.243 e. The van der Waals surface area contributed by atoms with Gasteiger partial charge in [-0.05, 0) is 49.7 Å². The fourth-order valence-corrected chi connectivity index (χ4v) is 7.24. The van der Waals surface area contributed by atoms with Crippen LogP contribution in [0.2, 0.25) is 0 Å². The van der Waals surface area contributed by atoms with Gasteiger partial charge in [-0.2, -0.15) is 4.31 Å². The Hall–Kier alpha value is -2.05. The third kappa shape index (κ3) is 4.67. The Labute approximate surface area is 193 Å². The highest BCUT2D eigenvalue weighted by Crippen LogP contribution is 2.30. The van der Waals surface area contributed by atoms with E-state index in [4.69, 9.17) is 0 Å². The summed E-state index contributed by atoms with van der Waals surface area (Å²) < 4.78 is 56.1. The normalized spacial score (nSPS) is 17.0. The summed E-state index contributed by atoms with van der Waals surface area (Å²) in [6.45, 7) is 5.44. The third-order valence-corrected chi connectivity index (χ3v) is 10.1. The summed E-state index contributed by atoms with van der Waals surface area (Å²) in [4.78, 5) is 6.90. The predicted molar refractivity (Wildman–Crippen MR) is 127 cm³/mol. The Morgan fingerprint density at radius 3 is 2.22 bits per heavy atom. The Kier molecular flexibility index (Phi) is 6.55. The van der Waals surface area contributed by atoms with Crippen molar-refractivity contribution in [1.82, 2.24) is 14.0 Å². The standard InChI is InChI=1S/C21H26N4O4S3/c1-3-16(2)23-31(26,27)17-8-10-18(11-9-17)32(28,29)25-14-12-24(13-15-25)21-22-19-6-4-5-7-20(19)30-21/h4-11,16,23H,3,12-15H2,1-2H3/t16-/m1/s1. The second-order valence-electron chi connectivity index (χ2n) is 7.76. The van der Waals surface area contributed by atoms with Crippen LogP contribution in [0.3, 0.4) is 0 Å². The van der Waals surface area contributed by atoms with Crippen molar-refractivity contribution in [3.63, 3.8) is 0 Å². The van der Waals surface area contributed by atoms with E-state index in [9.17, 15) is 16.8 Å². The number of fused-ring (bicyclic) bond motifs is 1. The van der Waals surface area contributed by atoms with Crippen LogP contribution in [0.25, 0.3) is 10.2 Å². The molecule has 0 radical (unpaired) electrons. The van der Waals surface area contributed by atoms with Crippen molar-refractivity contribution in [2.24, 2.45) is 0 Å². The number of piperazine rings is 1. The molecule has 0 saturated carbocycles. The molecule has 0 bridgehead atoms. The lowest BCUT2D eigenvalue weighted by Gasteiger charge is -2.33. The largest absolute Gasteiger partial charge is 0.345 e. The van der Waals surface area contributed by atoms with E-state index in [0.29, 0.717) is 32.6 Å². The minimum atomic E-state index is -3.71. The molecule has 1 fully saturated rings. The van der Waals surface area contributed by atoms with Gasteiger partial charge in [-0.1, -0.05) is 30.4 Å². The summed E-state index contributed by atoms with van der Waals surface area (Å²) in [5.41, 5.74) is 0.945. The maximum atomic E-state index is 13.1. The first-order valence-electron chi connectivity index (χ1n) is 10.4. The topological polar surface area (TPSA) is 99.7 Å². The van der Waals surface area contributed by atoms with E-state index in [1.54, 1.807) is 18.3 Å². The molecule has 1 aliphatic rings. The molecule has 3 aromatic rings. The highest BCUT2D eigenvalue weighted by Gasteiger charge is 2.30. The van der Waals surface area contributed by atoms with Crippen LogP contribution in [0, 0.1) is 0 Å². The summed E-state index contributed by atoms with van der Waals surface area (Å²) in [6, 6.07) is 13.1. The zero-order chi connectivity index (χ0) is 22.9. The second-order valence-corrected chi connectivity index (χ2v) is 12.4. The monoisotopic (exact) mass is 494 g/mol. The number of anilines is 1. The third-order valence-electron chi connectivity index (χ3n) is 5.53. The van der Waals surface area contributed by atoms with Crippen molar-refractivity contribution in [1.29, 1.82) is 0 Å². The average Bonchev–Trinajstić information content (AvgIpc) is 3.23. The molecule has 1 saturated heterocycles. The molecule has 1 aliphatic heterocycles. The molecular formula is C21H26N4O4S3. The number of aromatic nitrogens is 1. The number of thiazole rings is 1. The fourth-order valence-electron chi connectivity index (χ4n) is 3.47. The van der Waals surface area contributed by atoms with Gasteiger partial charge in [0, 0.05) is 32.2 Å². The van der Waals surface area contributed by atoms with Crippen LogP contribution in [-0.2, 0) is 20.0 Å². The van der Waals surface area contributed by atoms with Gasteiger partial charge in [0.25, 0.3) is 0 Å². The first kappa shape index (κ1) is 23.1. The molecule has 2 heterocycles. The van der Waals surface area contributed by atoms with Gasteiger partial charge in [0.1, 0.15) is 0 Å². The minimum Gasteiger partial charge on any atom is -0.345 e. The molecule has 8 nitrogen and oxygen atoms in total. The summed E-state index contributed by atoms with van der Waals surface area (Å²) in [6.07, 6.45) is 0.661.